The Morgan fingerprint density at radius 2 is 2.21 bits per heavy atom. The van der Waals surface area contributed by atoms with Crippen molar-refractivity contribution >= 4 is 17.2 Å². The van der Waals surface area contributed by atoms with Crippen molar-refractivity contribution in [1.29, 1.82) is 0 Å². The molecule has 0 unspecified atom stereocenters. The standard InChI is InChI=1S/C13H14N4OS/c1-8-6-9(2)17(13(18)16-8)7-10-4-3-5-15-11(10)12(14)19/h3-6H,7H2,1-2H3,(H2,14,19). The third kappa shape index (κ3) is 2.85. The van der Waals surface area contributed by atoms with Gasteiger partial charge in [-0.15, -0.1) is 0 Å². The highest BCUT2D eigenvalue weighted by atomic mass is 32.1. The lowest BCUT2D eigenvalue weighted by molar-refractivity contribution is 0.691. The molecule has 0 aliphatic carbocycles. The summed E-state index contributed by atoms with van der Waals surface area (Å²) in [5.41, 5.74) is 8.26. The summed E-state index contributed by atoms with van der Waals surface area (Å²) in [7, 11) is 0. The first-order valence-corrected chi connectivity index (χ1v) is 6.18. The molecule has 0 aliphatic rings. The molecule has 0 aliphatic heterocycles. The lowest BCUT2D eigenvalue weighted by Gasteiger charge is -2.12. The quantitative estimate of drug-likeness (QED) is 0.843. The second-order valence-corrected chi connectivity index (χ2v) is 4.72. The van der Waals surface area contributed by atoms with Gasteiger partial charge < -0.3 is 5.73 Å². The van der Waals surface area contributed by atoms with Gasteiger partial charge in [0.25, 0.3) is 0 Å². The van der Waals surface area contributed by atoms with Crippen molar-refractivity contribution in [3.63, 3.8) is 0 Å². The summed E-state index contributed by atoms with van der Waals surface area (Å²) in [6.45, 7) is 4.02. The first-order valence-electron chi connectivity index (χ1n) is 5.78. The SMILES string of the molecule is Cc1cc(C)n(Cc2cccnc2C(N)=S)c(=O)n1. The fraction of sp³-hybridized carbons (Fsp3) is 0.231. The van der Waals surface area contributed by atoms with Crippen LogP contribution in [-0.2, 0) is 6.54 Å². The van der Waals surface area contributed by atoms with Crippen molar-refractivity contribution in [3.8, 4) is 0 Å². The molecule has 0 atom stereocenters. The average molecular weight is 274 g/mol. The second-order valence-electron chi connectivity index (χ2n) is 4.28. The van der Waals surface area contributed by atoms with E-state index in [1.54, 1.807) is 23.8 Å². The van der Waals surface area contributed by atoms with Crippen LogP contribution in [0.25, 0.3) is 0 Å². The molecule has 0 saturated carbocycles. The number of nitrogens with two attached hydrogens (primary N) is 1. The van der Waals surface area contributed by atoms with Crippen LogP contribution in [0.2, 0.25) is 0 Å². The Kier molecular flexibility index (Phi) is 3.71. The molecular formula is C13H14N4OS. The van der Waals surface area contributed by atoms with Crippen LogP contribution in [0.1, 0.15) is 22.6 Å². The molecule has 2 rings (SSSR count). The second kappa shape index (κ2) is 5.27. The summed E-state index contributed by atoms with van der Waals surface area (Å²) in [5.74, 6) is 0. The Morgan fingerprint density at radius 1 is 1.47 bits per heavy atom. The minimum atomic E-state index is -0.282. The Balaban J connectivity index is 2.48. The maximum Gasteiger partial charge on any atom is 0.348 e. The molecule has 0 fully saturated rings. The number of rotatable bonds is 3. The summed E-state index contributed by atoms with van der Waals surface area (Å²) >= 11 is 4.96. The molecule has 0 saturated heterocycles. The van der Waals surface area contributed by atoms with Gasteiger partial charge in [-0.1, -0.05) is 18.3 Å². The third-order valence-corrected chi connectivity index (χ3v) is 2.99. The smallest absolute Gasteiger partial charge is 0.348 e. The predicted molar refractivity (Wildman–Crippen MR) is 77.2 cm³/mol. The number of hydrogen-bond donors (Lipinski definition) is 1. The highest BCUT2D eigenvalue weighted by Gasteiger charge is 2.09. The van der Waals surface area contributed by atoms with Crippen molar-refractivity contribution < 1.29 is 0 Å². The summed E-state index contributed by atoms with van der Waals surface area (Å²) in [4.78, 5) is 20.2. The van der Waals surface area contributed by atoms with E-state index in [0.717, 1.165) is 11.3 Å². The van der Waals surface area contributed by atoms with Crippen molar-refractivity contribution in [2.45, 2.75) is 20.4 Å². The van der Waals surface area contributed by atoms with E-state index in [-0.39, 0.29) is 10.7 Å². The van der Waals surface area contributed by atoms with Crippen LogP contribution >= 0.6 is 12.2 Å². The molecule has 0 radical (unpaired) electrons. The van der Waals surface area contributed by atoms with E-state index >= 15 is 0 Å². The van der Waals surface area contributed by atoms with Crippen molar-refractivity contribution in [1.82, 2.24) is 14.5 Å². The van der Waals surface area contributed by atoms with Gasteiger partial charge in [0.05, 0.1) is 6.54 Å². The van der Waals surface area contributed by atoms with E-state index in [1.807, 2.05) is 19.1 Å². The van der Waals surface area contributed by atoms with E-state index in [1.165, 1.54) is 0 Å². The fourth-order valence-electron chi connectivity index (χ4n) is 1.93. The van der Waals surface area contributed by atoms with Crippen LogP contribution in [0.15, 0.2) is 29.2 Å². The summed E-state index contributed by atoms with van der Waals surface area (Å²) < 4.78 is 1.58. The zero-order valence-electron chi connectivity index (χ0n) is 10.8. The highest BCUT2D eigenvalue weighted by Crippen LogP contribution is 2.08. The molecule has 2 aromatic rings. The lowest BCUT2D eigenvalue weighted by atomic mass is 10.2. The van der Waals surface area contributed by atoms with E-state index in [2.05, 4.69) is 9.97 Å². The van der Waals surface area contributed by atoms with Gasteiger partial charge >= 0.3 is 5.69 Å². The Hall–Kier alpha value is -2.08. The van der Waals surface area contributed by atoms with Crippen LogP contribution in [0, 0.1) is 13.8 Å². The van der Waals surface area contributed by atoms with E-state index in [0.29, 0.717) is 17.9 Å². The largest absolute Gasteiger partial charge is 0.388 e. The average Bonchev–Trinajstić information content (AvgIpc) is 2.34. The molecule has 19 heavy (non-hydrogen) atoms. The van der Waals surface area contributed by atoms with Gasteiger partial charge in [0.1, 0.15) is 10.7 Å². The minimum absolute atomic E-state index is 0.223. The third-order valence-electron chi connectivity index (χ3n) is 2.80. The van der Waals surface area contributed by atoms with Crippen LogP contribution in [0.3, 0.4) is 0 Å². The molecule has 0 amide bonds. The number of thiocarbonyl (C=S) groups is 1. The molecular weight excluding hydrogens is 260 g/mol. The molecule has 98 valence electrons. The number of pyridine rings is 1. The Bertz CT molecular complexity index is 693. The van der Waals surface area contributed by atoms with Gasteiger partial charge in [0.2, 0.25) is 0 Å². The maximum atomic E-state index is 11.9. The first-order chi connectivity index (χ1) is 8.99. The van der Waals surface area contributed by atoms with E-state index in [9.17, 15) is 4.79 Å². The highest BCUT2D eigenvalue weighted by molar-refractivity contribution is 7.80. The van der Waals surface area contributed by atoms with Gasteiger partial charge in [0, 0.05) is 23.1 Å². The molecule has 0 bridgehead atoms. The molecule has 2 N–H and O–H groups in total. The van der Waals surface area contributed by atoms with Crippen LogP contribution < -0.4 is 11.4 Å². The molecule has 0 aromatic carbocycles. The van der Waals surface area contributed by atoms with Crippen LogP contribution in [0.5, 0.6) is 0 Å². The maximum absolute atomic E-state index is 11.9. The lowest BCUT2D eigenvalue weighted by Crippen LogP contribution is -2.27. The monoisotopic (exact) mass is 274 g/mol. The fourth-order valence-corrected chi connectivity index (χ4v) is 2.11. The number of aromatic nitrogens is 3. The molecule has 5 nitrogen and oxygen atoms in total. The van der Waals surface area contributed by atoms with Crippen LogP contribution in [0.4, 0.5) is 0 Å². The van der Waals surface area contributed by atoms with Gasteiger partial charge in [-0.2, -0.15) is 4.98 Å². The van der Waals surface area contributed by atoms with Gasteiger partial charge in [-0.25, -0.2) is 4.79 Å². The first kappa shape index (κ1) is 13.4. The van der Waals surface area contributed by atoms with Gasteiger partial charge in [-0.3, -0.25) is 9.55 Å². The Morgan fingerprint density at radius 3 is 2.84 bits per heavy atom. The molecule has 6 heteroatoms. The summed E-state index contributed by atoms with van der Waals surface area (Å²) in [6.07, 6.45) is 1.63. The molecule has 2 heterocycles. The summed E-state index contributed by atoms with van der Waals surface area (Å²) in [6, 6.07) is 5.50. The minimum Gasteiger partial charge on any atom is -0.388 e. The number of nitrogens with zero attached hydrogens (tertiary/aromatic N) is 3. The molecule has 0 spiro atoms. The van der Waals surface area contributed by atoms with Crippen LogP contribution in [-0.4, -0.2) is 19.5 Å². The topological polar surface area (TPSA) is 73.8 Å². The van der Waals surface area contributed by atoms with E-state index < -0.39 is 0 Å². The normalized spacial score (nSPS) is 10.4. The van der Waals surface area contributed by atoms with Crippen molar-refractivity contribution in [2.24, 2.45) is 5.73 Å². The summed E-state index contributed by atoms with van der Waals surface area (Å²) in [5, 5.41) is 0. The molecule has 2 aromatic heterocycles. The number of hydrogen-bond acceptors (Lipinski definition) is 4. The Labute approximate surface area is 116 Å². The zero-order valence-corrected chi connectivity index (χ0v) is 11.6. The zero-order chi connectivity index (χ0) is 14.0. The van der Waals surface area contributed by atoms with Crippen molar-refractivity contribution in [3.05, 3.63) is 57.5 Å². The van der Waals surface area contributed by atoms with Gasteiger partial charge in [0.15, 0.2) is 0 Å². The van der Waals surface area contributed by atoms with Crippen molar-refractivity contribution in [2.75, 3.05) is 0 Å². The van der Waals surface area contributed by atoms with E-state index in [4.69, 9.17) is 18.0 Å². The van der Waals surface area contributed by atoms with Gasteiger partial charge in [-0.05, 0) is 26.0 Å². The predicted octanol–water partition coefficient (Wildman–Crippen LogP) is 0.938. The number of aryl methyl sites for hydroxylation is 2.